The van der Waals surface area contributed by atoms with E-state index in [-0.39, 0.29) is 5.91 Å². The van der Waals surface area contributed by atoms with Gasteiger partial charge in [0.25, 0.3) is 0 Å². The maximum absolute atomic E-state index is 12.4. The molecule has 0 saturated carbocycles. The molecule has 2 aromatic carbocycles. The number of carbonyl (C=O) groups excluding carboxylic acids is 1. The van der Waals surface area contributed by atoms with E-state index in [1.54, 1.807) is 18.4 Å². The molecule has 0 radical (unpaired) electrons. The molecule has 1 saturated heterocycles. The van der Waals surface area contributed by atoms with Crippen LogP contribution in [0.25, 0.3) is 0 Å². The van der Waals surface area contributed by atoms with Crippen LogP contribution >= 0.6 is 11.3 Å². The summed E-state index contributed by atoms with van der Waals surface area (Å²) in [4.78, 5) is 20.4. The molecule has 1 aliphatic heterocycles. The third kappa shape index (κ3) is 7.54. The molecular formula is C28H36N4O2S. The van der Waals surface area contributed by atoms with Gasteiger partial charge in [0.15, 0.2) is 0 Å². The lowest BCUT2D eigenvalue weighted by molar-refractivity contribution is -0.120. The summed E-state index contributed by atoms with van der Waals surface area (Å²) in [6.07, 6.45) is 6.45. The Kier molecular flexibility index (Phi) is 9.15. The number of methoxy groups -OCH3 is 1. The first-order valence-electron chi connectivity index (χ1n) is 12.5. The van der Waals surface area contributed by atoms with Gasteiger partial charge in [0.2, 0.25) is 5.91 Å². The first kappa shape index (κ1) is 25.2. The molecule has 7 heteroatoms. The number of ether oxygens (including phenoxy) is 1. The summed E-state index contributed by atoms with van der Waals surface area (Å²) in [6, 6.07) is 17.4. The smallest absolute Gasteiger partial charge is 0.224 e. The number of hydrogen-bond donors (Lipinski definition) is 2. The van der Waals surface area contributed by atoms with Gasteiger partial charge in [-0.1, -0.05) is 30.3 Å². The summed E-state index contributed by atoms with van der Waals surface area (Å²) in [7, 11) is 1.67. The Balaban J connectivity index is 1.17. The number of anilines is 1. The maximum Gasteiger partial charge on any atom is 0.224 e. The van der Waals surface area contributed by atoms with Crippen LogP contribution in [-0.2, 0) is 24.1 Å². The number of para-hydroxylation sites is 1. The van der Waals surface area contributed by atoms with Crippen LogP contribution in [0.5, 0.6) is 5.75 Å². The van der Waals surface area contributed by atoms with E-state index < -0.39 is 0 Å². The quantitative estimate of drug-likeness (QED) is 0.419. The lowest BCUT2D eigenvalue weighted by Crippen LogP contribution is -2.46. The van der Waals surface area contributed by atoms with E-state index in [0.29, 0.717) is 25.0 Å². The standard InChI is InChI=1S/C28H36N4O2S/c1-21(17-26-19-29-20-35-26)31-24-12-15-32(16-13-24)25-9-7-22(8-10-25)18-28(33)30-14-11-23-5-3-4-6-27(23)34-2/h3-10,19-21,24,31H,11-18H2,1-2H3,(H,30,33)/t21-/m0/s1. The molecule has 1 amide bonds. The fourth-order valence-electron chi connectivity index (χ4n) is 4.73. The first-order chi connectivity index (χ1) is 17.1. The van der Waals surface area contributed by atoms with Crippen molar-refractivity contribution in [3.63, 3.8) is 0 Å². The maximum atomic E-state index is 12.4. The zero-order valence-corrected chi connectivity index (χ0v) is 21.5. The monoisotopic (exact) mass is 492 g/mol. The number of benzene rings is 2. The molecule has 2 N–H and O–H groups in total. The third-order valence-corrected chi connectivity index (χ3v) is 7.38. The van der Waals surface area contributed by atoms with Crippen LogP contribution in [0.2, 0.25) is 0 Å². The Hall–Kier alpha value is -2.90. The highest BCUT2D eigenvalue weighted by molar-refractivity contribution is 7.09. The number of aromatic nitrogens is 1. The summed E-state index contributed by atoms with van der Waals surface area (Å²) in [6.45, 7) is 4.96. The normalized spacial score (nSPS) is 15.1. The minimum Gasteiger partial charge on any atom is -0.496 e. The molecule has 0 bridgehead atoms. The second-order valence-corrected chi connectivity index (χ2v) is 10.2. The summed E-state index contributed by atoms with van der Waals surface area (Å²) in [5.74, 6) is 0.912. The third-order valence-electron chi connectivity index (χ3n) is 6.58. The van der Waals surface area contributed by atoms with Gasteiger partial charge in [-0.2, -0.15) is 0 Å². The zero-order chi connectivity index (χ0) is 24.5. The molecule has 3 aromatic rings. The summed E-state index contributed by atoms with van der Waals surface area (Å²) in [5, 5.41) is 6.82. The second kappa shape index (κ2) is 12.7. The molecule has 1 atom stereocenters. The molecule has 1 aliphatic rings. The van der Waals surface area contributed by atoms with E-state index in [1.165, 1.54) is 10.6 Å². The molecule has 4 rings (SSSR count). The van der Waals surface area contributed by atoms with Crippen molar-refractivity contribution in [3.05, 3.63) is 76.2 Å². The fraction of sp³-hybridized carbons (Fsp3) is 0.429. The Morgan fingerprint density at radius 2 is 1.94 bits per heavy atom. The van der Waals surface area contributed by atoms with Gasteiger partial charge < -0.3 is 20.3 Å². The Bertz CT molecular complexity index is 1050. The molecule has 186 valence electrons. The van der Waals surface area contributed by atoms with Gasteiger partial charge in [-0.15, -0.1) is 11.3 Å². The molecular weight excluding hydrogens is 456 g/mol. The molecule has 0 unspecified atom stereocenters. The van der Waals surface area contributed by atoms with Crippen LogP contribution in [-0.4, -0.2) is 49.7 Å². The molecule has 0 spiro atoms. The molecule has 0 aliphatic carbocycles. The highest BCUT2D eigenvalue weighted by Crippen LogP contribution is 2.22. The number of nitrogens with zero attached hydrogens (tertiary/aromatic N) is 2. The van der Waals surface area contributed by atoms with Crippen molar-refractivity contribution in [2.45, 2.75) is 51.1 Å². The SMILES string of the molecule is COc1ccccc1CCNC(=O)Cc1ccc(N2CCC(N[C@@H](C)Cc3cncs3)CC2)cc1. The predicted molar refractivity (Wildman–Crippen MR) is 144 cm³/mol. The van der Waals surface area contributed by atoms with Gasteiger partial charge >= 0.3 is 0 Å². The van der Waals surface area contributed by atoms with Gasteiger partial charge in [0, 0.05) is 48.5 Å². The highest BCUT2D eigenvalue weighted by Gasteiger charge is 2.21. The van der Waals surface area contributed by atoms with Crippen molar-refractivity contribution >= 4 is 22.9 Å². The molecule has 1 aromatic heterocycles. The van der Waals surface area contributed by atoms with Crippen molar-refractivity contribution < 1.29 is 9.53 Å². The summed E-state index contributed by atoms with van der Waals surface area (Å²) >= 11 is 1.73. The molecule has 6 nitrogen and oxygen atoms in total. The Morgan fingerprint density at radius 3 is 2.66 bits per heavy atom. The van der Waals surface area contributed by atoms with Gasteiger partial charge in [0.05, 0.1) is 19.0 Å². The van der Waals surface area contributed by atoms with Crippen LogP contribution in [0.4, 0.5) is 5.69 Å². The second-order valence-electron chi connectivity index (χ2n) is 9.26. The highest BCUT2D eigenvalue weighted by atomic mass is 32.1. The number of carbonyl (C=O) groups is 1. The van der Waals surface area contributed by atoms with Gasteiger partial charge in [0.1, 0.15) is 5.75 Å². The van der Waals surface area contributed by atoms with Crippen LogP contribution < -0.4 is 20.3 Å². The number of amides is 1. The van der Waals surface area contributed by atoms with Crippen molar-refractivity contribution in [3.8, 4) is 5.75 Å². The average Bonchev–Trinajstić information content (AvgIpc) is 3.38. The Morgan fingerprint density at radius 1 is 1.17 bits per heavy atom. The number of piperidine rings is 1. The van der Waals surface area contributed by atoms with Gasteiger partial charge in [-0.25, -0.2) is 0 Å². The summed E-state index contributed by atoms with van der Waals surface area (Å²) < 4.78 is 5.38. The van der Waals surface area contributed by atoms with E-state index >= 15 is 0 Å². The van der Waals surface area contributed by atoms with E-state index in [4.69, 9.17) is 4.74 Å². The van der Waals surface area contributed by atoms with Crippen LogP contribution in [0.1, 0.15) is 35.8 Å². The molecule has 1 fully saturated rings. The van der Waals surface area contributed by atoms with E-state index in [1.807, 2.05) is 36.0 Å². The molecule has 2 heterocycles. The average molecular weight is 493 g/mol. The first-order valence-corrected chi connectivity index (χ1v) is 13.3. The van der Waals surface area contributed by atoms with Crippen molar-refractivity contribution in [2.75, 3.05) is 31.6 Å². The van der Waals surface area contributed by atoms with Crippen molar-refractivity contribution in [2.24, 2.45) is 0 Å². The predicted octanol–water partition coefficient (Wildman–Crippen LogP) is 4.24. The van der Waals surface area contributed by atoms with E-state index in [2.05, 4.69) is 51.7 Å². The van der Waals surface area contributed by atoms with Crippen LogP contribution in [0.3, 0.4) is 0 Å². The number of thiazole rings is 1. The molecule has 35 heavy (non-hydrogen) atoms. The lowest BCUT2D eigenvalue weighted by atomic mass is 10.0. The van der Waals surface area contributed by atoms with Gasteiger partial charge in [-0.05, 0) is 61.9 Å². The lowest BCUT2D eigenvalue weighted by Gasteiger charge is -2.35. The number of rotatable bonds is 11. The minimum atomic E-state index is 0.0481. The largest absolute Gasteiger partial charge is 0.496 e. The summed E-state index contributed by atoms with van der Waals surface area (Å²) in [5.41, 5.74) is 5.29. The van der Waals surface area contributed by atoms with Crippen LogP contribution in [0, 0.1) is 0 Å². The zero-order valence-electron chi connectivity index (χ0n) is 20.7. The van der Waals surface area contributed by atoms with Gasteiger partial charge in [-0.3, -0.25) is 9.78 Å². The van der Waals surface area contributed by atoms with Crippen molar-refractivity contribution in [1.82, 2.24) is 15.6 Å². The number of hydrogen-bond acceptors (Lipinski definition) is 6. The number of nitrogens with one attached hydrogen (secondary N) is 2. The van der Waals surface area contributed by atoms with E-state index in [9.17, 15) is 4.79 Å². The van der Waals surface area contributed by atoms with Crippen LogP contribution in [0.15, 0.2) is 60.2 Å². The van der Waals surface area contributed by atoms with E-state index in [0.717, 1.165) is 55.6 Å². The van der Waals surface area contributed by atoms with Crippen molar-refractivity contribution in [1.29, 1.82) is 0 Å². The Labute approximate surface area is 212 Å². The fourth-order valence-corrected chi connectivity index (χ4v) is 5.45. The topological polar surface area (TPSA) is 66.5 Å². The minimum absolute atomic E-state index is 0.0481.